The lowest BCUT2D eigenvalue weighted by molar-refractivity contribution is -0.121. The van der Waals surface area contributed by atoms with E-state index in [0.717, 1.165) is 16.2 Å². The average Bonchev–Trinajstić information content (AvgIpc) is 2.91. The van der Waals surface area contributed by atoms with Crippen molar-refractivity contribution in [3.05, 3.63) is 50.1 Å². The summed E-state index contributed by atoms with van der Waals surface area (Å²) in [6.07, 6.45) is 2.52. The van der Waals surface area contributed by atoms with Crippen LogP contribution in [-0.2, 0) is 4.79 Å². The van der Waals surface area contributed by atoms with Crippen LogP contribution in [0.15, 0.2) is 35.4 Å². The Morgan fingerprint density at radius 3 is 2.87 bits per heavy atom. The van der Waals surface area contributed by atoms with Crippen LogP contribution in [0.1, 0.15) is 23.3 Å². The number of halogens is 2. The fraction of sp³-hybridized carbons (Fsp3) is 0.250. The Hall–Kier alpha value is -1.56. The molecule has 0 radical (unpaired) electrons. The van der Waals surface area contributed by atoms with E-state index in [1.807, 2.05) is 25.1 Å². The molecule has 0 fully saturated rings. The van der Waals surface area contributed by atoms with Gasteiger partial charge in [-0.3, -0.25) is 4.79 Å². The highest BCUT2D eigenvalue weighted by Gasteiger charge is 2.03. The van der Waals surface area contributed by atoms with E-state index in [-0.39, 0.29) is 5.91 Å². The molecule has 0 saturated heterocycles. The quantitative estimate of drug-likeness (QED) is 0.437. The van der Waals surface area contributed by atoms with E-state index in [9.17, 15) is 4.79 Å². The fourth-order valence-corrected chi connectivity index (χ4v) is 2.97. The second-order valence-corrected chi connectivity index (χ2v) is 6.98. The minimum Gasteiger partial charge on any atom is -0.493 e. The van der Waals surface area contributed by atoms with Gasteiger partial charge in [0.05, 0.1) is 17.2 Å². The van der Waals surface area contributed by atoms with E-state index >= 15 is 0 Å². The van der Waals surface area contributed by atoms with Gasteiger partial charge in [-0.25, -0.2) is 5.43 Å². The van der Waals surface area contributed by atoms with Gasteiger partial charge in [-0.1, -0.05) is 23.2 Å². The maximum absolute atomic E-state index is 11.6. The second kappa shape index (κ2) is 8.91. The van der Waals surface area contributed by atoms with Gasteiger partial charge < -0.3 is 4.74 Å². The number of nitrogens with one attached hydrogen (secondary N) is 1. The van der Waals surface area contributed by atoms with Crippen molar-refractivity contribution < 1.29 is 9.53 Å². The maximum atomic E-state index is 11.6. The Labute approximate surface area is 149 Å². The van der Waals surface area contributed by atoms with Crippen LogP contribution in [0.2, 0.25) is 9.36 Å². The topological polar surface area (TPSA) is 50.7 Å². The molecule has 2 rings (SSSR count). The lowest BCUT2D eigenvalue weighted by Gasteiger charge is -2.08. The van der Waals surface area contributed by atoms with Crippen LogP contribution < -0.4 is 10.2 Å². The van der Waals surface area contributed by atoms with Gasteiger partial charge >= 0.3 is 0 Å². The van der Waals surface area contributed by atoms with Gasteiger partial charge in [0.2, 0.25) is 5.91 Å². The Morgan fingerprint density at radius 2 is 2.17 bits per heavy atom. The van der Waals surface area contributed by atoms with Gasteiger partial charge in [0.25, 0.3) is 0 Å². The number of aryl methyl sites for hydroxylation is 1. The first kappa shape index (κ1) is 17.8. The number of hydrazone groups is 1. The normalized spacial score (nSPS) is 10.9. The zero-order valence-electron chi connectivity index (χ0n) is 12.5. The third-order valence-electron chi connectivity index (χ3n) is 2.92. The summed E-state index contributed by atoms with van der Waals surface area (Å²) in [6.45, 7) is 2.39. The van der Waals surface area contributed by atoms with Gasteiger partial charge in [-0.05, 0) is 49.2 Å². The largest absolute Gasteiger partial charge is 0.493 e. The molecule has 7 heteroatoms. The Kier molecular flexibility index (Phi) is 6.89. The molecule has 0 spiro atoms. The van der Waals surface area contributed by atoms with Crippen LogP contribution in [0.25, 0.3) is 0 Å². The van der Waals surface area contributed by atoms with E-state index in [1.54, 1.807) is 18.3 Å². The summed E-state index contributed by atoms with van der Waals surface area (Å²) in [7, 11) is 0. The summed E-state index contributed by atoms with van der Waals surface area (Å²) in [5.41, 5.74) is 3.45. The number of amides is 1. The van der Waals surface area contributed by atoms with Crippen molar-refractivity contribution in [1.82, 2.24) is 5.43 Å². The van der Waals surface area contributed by atoms with E-state index in [0.29, 0.717) is 28.8 Å². The molecule has 0 saturated carbocycles. The molecule has 4 nitrogen and oxygen atoms in total. The van der Waals surface area contributed by atoms with Crippen LogP contribution in [0.3, 0.4) is 0 Å². The number of hydrogen-bond donors (Lipinski definition) is 1. The summed E-state index contributed by atoms with van der Waals surface area (Å²) in [5.74, 6) is 0.628. The molecule has 0 aliphatic rings. The van der Waals surface area contributed by atoms with Gasteiger partial charge in [0.15, 0.2) is 0 Å². The van der Waals surface area contributed by atoms with Crippen LogP contribution in [0.5, 0.6) is 5.75 Å². The third-order valence-corrected chi connectivity index (χ3v) is 4.32. The Morgan fingerprint density at radius 1 is 1.35 bits per heavy atom. The van der Waals surface area contributed by atoms with Crippen LogP contribution in [0.4, 0.5) is 0 Å². The van der Waals surface area contributed by atoms with E-state index in [1.165, 1.54) is 11.3 Å². The predicted octanol–water partition coefficient (Wildman–Crippen LogP) is 4.67. The zero-order chi connectivity index (χ0) is 16.7. The number of benzene rings is 1. The number of ether oxygens (including phenoxy) is 1. The number of rotatable bonds is 7. The van der Waals surface area contributed by atoms with Crippen LogP contribution in [0, 0.1) is 6.92 Å². The van der Waals surface area contributed by atoms with Crippen molar-refractivity contribution >= 4 is 46.7 Å². The van der Waals surface area contributed by atoms with E-state index in [2.05, 4.69) is 10.5 Å². The molecule has 1 aromatic heterocycles. The molecule has 1 N–H and O–H groups in total. The molecule has 1 aromatic carbocycles. The molecule has 23 heavy (non-hydrogen) atoms. The molecular weight excluding hydrogens is 355 g/mol. The van der Waals surface area contributed by atoms with Crippen LogP contribution >= 0.6 is 34.5 Å². The SMILES string of the molecule is Cc1cc(Cl)ccc1OCCCC(=O)N/N=C/c1ccc(Cl)s1. The maximum Gasteiger partial charge on any atom is 0.240 e. The summed E-state index contributed by atoms with van der Waals surface area (Å²) in [6, 6.07) is 9.07. The molecule has 2 aromatic rings. The van der Waals surface area contributed by atoms with Crippen molar-refractivity contribution in [2.75, 3.05) is 6.61 Å². The highest BCUT2D eigenvalue weighted by atomic mass is 35.5. The molecule has 1 amide bonds. The first-order valence-electron chi connectivity index (χ1n) is 7.01. The Balaban J connectivity index is 1.65. The Bertz CT molecular complexity index is 701. The van der Waals surface area contributed by atoms with E-state index in [4.69, 9.17) is 27.9 Å². The number of carbonyl (C=O) groups is 1. The van der Waals surface area contributed by atoms with Crippen molar-refractivity contribution in [2.45, 2.75) is 19.8 Å². The highest BCUT2D eigenvalue weighted by molar-refractivity contribution is 7.17. The lowest BCUT2D eigenvalue weighted by Crippen LogP contribution is -2.18. The van der Waals surface area contributed by atoms with Gasteiger partial charge in [-0.2, -0.15) is 5.10 Å². The summed E-state index contributed by atoms with van der Waals surface area (Å²) in [5, 5.41) is 4.57. The second-order valence-electron chi connectivity index (χ2n) is 4.80. The van der Waals surface area contributed by atoms with Crippen LogP contribution in [-0.4, -0.2) is 18.7 Å². The standard InChI is InChI=1S/C16H16Cl2N2O2S/c1-11-9-12(17)4-6-14(11)22-8-2-3-16(21)20-19-10-13-5-7-15(18)23-13/h4-7,9-10H,2-3,8H2,1H3,(H,20,21)/b19-10+. The molecule has 0 aliphatic carbocycles. The number of thiophene rings is 1. The van der Waals surface area contributed by atoms with Crippen molar-refractivity contribution in [3.63, 3.8) is 0 Å². The molecule has 122 valence electrons. The van der Waals surface area contributed by atoms with Gasteiger partial charge in [-0.15, -0.1) is 11.3 Å². The number of carbonyl (C=O) groups excluding carboxylic acids is 1. The molecule has 1 heterocycles. The first-order chi connectivity index (χ1) is 11.0. The molecule has 0 aliphatic heterocycles. The van der Waals surface area contributed by atoms with Crippen molar-refractivity contribution in [3.8, 4) is 5.75 Å². The van der Waals surface area contributed by atoms with Crippen molar-refractivity contribution in [2.24, 2.45) is 5.10 Å². The summed E-state index contributed by atoms with van der Waals surface area (Å²) >= 11 is 13.1. The third kappa shape index (κ3) is 6.22. The smallest absolute Gasteiger partial charge is 0.240 e. The van der Waals surface area contributed by atoms with E-state index < -0.39 is 0 Å². The lowest BCUT2D eigenvalue weighted by atomic mass is 10.2. The molecule has 0 unspecified atom stereocenters. The average molecular weight is 371 g/mol. The molecule has 0 bridgehead atoms. The molecule has 0 atom stereocenters. The summed E-state index contributed by atoms with van der Waals surface area (Å²) in [4.78, 5) is 12.5. The monoisotopic (exact) mass is 370 g/mol. The van der Waals surface area contributed by atoms with Gasteiger partial charge in [0.1, 0.15) is 5.75 Å². The minimum absolute atomic E-state index is 0.152. The fourth-order valence-electron chi connectivity index (χ4n) is 1.81. The minimum atomic E-state index is -0.152. The first-order valence-corrected chi connectivity index (χ1v) is 8.58. The number of nitrogens with zero attached hydrogens (tertiary/aromatic N) is 1. The summed E-state index contributed by atoms with van der Waals surface area (Å²) < 4.78 is 6.32. The number of hydrogen-bond acceptors (Lipinski definition) is 4. The van der Waals surface area contributed by atoms with Gasteiger partial charge in [0, 0.05) is 16.3 Å². The predicted molar refractivity (Wildman–Crippen MR) is 96.0 cm³/mol. The van der Waals surface area contributed by atoms with Crippen molar-refractivity contribution in [1.29, 1.82) is 0 Å². The highest BCUT2D eigenvalue weighted by Crippen LogP contribution is 2.22. The zero-order valence-corrected chi connectivity index (χ0v) is 14.8. The molecular formula is C16H16Cl2N2O2S.